The van der Waals surface area contributed by atoms with Crippen molar-refractivity contribution in [3.05, 3.63) is 0 Å². The van der Waals surface area contributed by atoms with Crippen molar-refractivity contribution in [2.24, 2.45) is 5.41 Å². The van der Waals surface area contributed by atoms with Gasteiger partial charge in [-0.2, -0.15) is 0 Å². The Morgan fingerprint density at radius 3 is 2.21 bits per heavy atom. The number of rotatable bonds is 6. The summed E-state index contributed by atoms with van der Waals surface area (Å²) >= 11 is 0. The van der Waals surface area contributed by atoms with Gasteiger partial charge in [-0.25, -0.2) is 0 Å². The Labute approximate surface area is 112 Å². The number of nitrogens with one attached hydrogen (secondary N) is 1. The molecule has 0 aliphatic heterocycles. The number of carboxylic acid groups (broad SMARTS) is 1. The molecule has 110 valence electrons. The number of aliphatic hydroxyl groups excluding tert-OH is 2. The summed E-state index contributed by atoms with van der Waals surface area (Å²) in [5.41, 5.74) is -0.968. The van der Waals surface area contributed by atoms with E-state index < -0.39 is 24.1 Å². The standard InChI is InChI=1S/C13H23NO5/c15-9-10(16)8-14-11(17)7-13(12(18)19)5-3-1-2-4-6-13/h10,15-16H,1-9H2,(H,14,17)(H,18,19). The molecular formula is C13H23NO5. The van der Waals surface area contributed by atoms with Crippen LogP contribution in [0.4, 0.5) is 0 Å². The SMILES string of the molecule is O=C(CC1(C(=O)O)CCCCCC1)NCC(O)CO. The van der Waals surface area contributed by atoms with Gasteiger partial charge in [0.25, 0.3) is 0 Å². The first-order chi connectivity index (χ1) is 9.00. The van der Waals surface area contributed by atoms with Crippen LogP contribution in [0.5, 0.6) is 0 Å². The van der Waals surface area contributed by atoms with Gasteiger partial charge in [-0.05, 0) is 12.8 Å². The zero-order valence-corrected chi connectivity index (χ0v) is 11.1. The van der Waals surface area contributed by atoms with E-state index in [0.29, 0.717) is 12.8 Å². The highest BCUT2D eigenvalue weighted by molar-refractivity contribution is 5.85. The summed E-state index contributed by atoms with van der Waals surface area (Å²) < 4.78 is 0. The fourth-order valence-electron chi connectivity index (χ4n) is 2.54. The zero-order chi connectivity index (χ0) is 14.3. The number of hydrogen-bond donors (Lipinski definition) is 4. The van der Waals surface area contributed by atoms with Gasteiger partial charge in [0.2, 0.25) is 5.91 Å². The molecule has 6 heteroatoms. The van der Waals surface area contributed by atoms with Crippen LogP contribution in [-0.4, -0.2) is 46.5 Å². The molecule has 0 radical (unpaired) electrons. The molecule has 0 saturated heterocycles. The molecule has 19 heavy (non-hydrogen) atoms. The molecule has 1 aliphatic rings. The zero-order valence-electron chi connectivity index (χ0n) is 11.1. The summed E-state index contributed by atoms with van der Waals surface area (Å²) in [6.45, 7) is -0.477. The number of hydrogen-bond acceptors (Lipinski definition) is 4. The third-order valence-electron chi connectivity index (χ3n) is 3.76. The average Bonchev–Trinajstić information content (AvgIpc) is 2.62. The first-order valence-corrected chi connectivity index (χ1v) is 6.79. The molecule has 0 spiro atoms. The molecule has 1 rings (SSSR count). The second-order valence-corrected chi connectivity index (χ2v) is 5.32. The van der Waals surface area contributed by atoms with Crippen molar-refractivity contribution in [2.45, 2.75) is 51.0 Å². The molecule has 0 heterocycles. The minimum atomic E-state index is -1.00. The topological polar surface area (TPSA) is 107 Å². The smallest absolute Gasteiger partial charge is 0.310 e. The molecule has 0 aromatic carbocycles. The van der Waals surface area contributed by atoms with Crippen LogP contribution >= 0.6 is 0 Å². The van der Waals surface area contributed by atoms with Crippen molar-refractivity contribution in [1.29, 1.82) is 0 Å². The van der Waals surface area contributed by atoms with Crippen molar-refractivity contribution in [3.8, 4) is 0 Å². The first kappa shape index (κ1) is 15.9. The number of amides is 1. The van der Waals surface area contributed by atoms with Gasteiger partial charge >= 0.3 is 5.97 Å². The van der Waals surface area contributed by atoms with E-state index in [0.717, 1.165) is 25.7 Å². The summed E-state index contributed by atoms with van der Waals surface area (Å²) in [6.07, 6.45) is 3.69. The van der Waals surface area contributed by atoms with E-state index >= 15 is 0 Å². The number of carbonyl (C=O) groups excluding carboxylic acids is 1. The maximum absolute atomic E-state index is 11.8. The number of carboxylic acids is 1. The second-order valence-electron chi connectivity index (χ2n) is 5.32. The molecule has 1 aliphatic carbocycles. The van der Waals surface area contributed by atoms with Crippen LogP contribution in [0, 0.1) is 5.41 Å². The minimum absolute atomic E-state index is 0.0506. The van der Waals surface area contributed by atoms with E-state index in [9.17, 15) is 14.7 Å². The van der Waals surface area contributed by atoms with E-state index in [1.54, 1.807) is 0 Å². The van der Waals surface area contributed by atoms with Gasteiger partial charge in [0.1, 0.15) is 0 Å². The third kappa shape index (κ3) is 4.80. The quantitative estimate of drug-likeness (QED) is 0.520. The summed E-state index contributed by atoms with van der Waals surface area (Å²) in [7, 11) is 0. The Kier molecular flexibility index (Phi) is 6.24. The van der Waals surface area contributed by atoms with Crippen LogP contribution in [-0.2, 0) is 9.59 Å². The monoisotopic (exact) mass is 273 g/mol. The molecule has 1 fully saturated rings. The van der Waals surface area contributed by atoms with Crippen molar-refractivity contribution in [3.63, 3.8) is 0 Å². The molecule has 1 amide bonds. The Morgan fingerprint density at radius 2 is 1.74 bits per heavy atom. The number of aliphatic hydroxyl groups is 2. The number of carbonyl (C=O) groups is 2. The van der Waals surface area contributed by atoms with E-state index in [4.69, 9.17) is 10.2 Å². The highest BCUT2D eigenvalue weighted by Crippen LogP contribution is 2.38. The lowest BCUT2D eigenvalue weighted by Gasteiger charge is -2.27. The van der Waals surface area contributed by atoms with Gasteiger partial charge in [-0.15, -0.1) is 0 Å². The van der Waals surface area contributed by atoms with E-state index in [1.165, 1.54) is 0 Å². The third-order valence-corrected chi connectivity index (χ3v) is 3.76. The number of aliphatic carboxylic acids is 1. The molecule has 1 saturated carbocycles. The highest BCUT2D eigenvalue weighted by atomic mass is 16.4. The molecule has 1 unspecified atom stereocenters. The average molecular weight is 273 g/mol. The lowest BCUT2D eigenvalue weighted by Crippen LogP contribution is -2.40. The molecule has 4 N–H and O–H groups in total. The van der Waals surface area contributed by atoms with Crippen molar-refractivity contribution in [2.75, 3.05) is 13.2 Å². The van der Waals surface area contributed by atoms with Gasteiger partial charge in [0.15, 0.2) is 0 Å². The Balaban J connectivity index is 2.57. The van der Waals surface area contributed by atoms with Gasteiger partial charge in [0, 0.05) is 13.0 Å². The van der Waals surface area contributed by atoms with Crippen LogP contribution in [0.2, 0.25) is 0 Å². The fourth-order valence-corrected chi connectivity index (χ4v) is 2.54. The Morgan fingerprint density at radius 1 is 1.16 bits per heavy atom. The fraction of sp³-hybridized carbons (Fsp3) is 0.846. The van der Waals surface area contributed by atoms with Crippen molar-refractivity contribution in [1.82, 2.24) is 5.32 Å². The predicted octanol–water partition coefficient (Wildman–Crippen LogP) is 0.271. The molecule has 6 nitrogen and oxygen atoms in total. The maximum atomic E-state index is 11.8. The Bertz CT molecular complexity index is 310. The van der Waals surface area contributed by atoms with E-state index in [2.05, 4.69) is 5.32 Å². The maximum Gasteiger partial charge on any atom is 0.310 e. The lowest BCUT2D eigenvalue weighted by atomic mass is 9.77. The lowest BCUT2D eigenvalue weighted by molar-refractivity contribution is -0.153. The van der Waals surface area contributed by atoms with Gasteiger partial charge in [0.05, 0.1) is 18.1 Å². The summed E-state index contributed by atoms with van der Waals surface area (Å²) in [6, 6.07) is 0. The van der Waals surface area contributed by atoms with Crippen LogP contribution in [0.15, 0.2) is 0 Å². The molecule has 0 aromatic rings. The van der Waals surface area contributed by atoms with Crippen molar-refractivity contribution < 1.29 is 24.9 Å². The Hall–Kier alpha value is -1.14. The van der Waals surface area contributed by atoms with Gasteiger partial charge in [-0.1, -0.05) is 25.7 Å². The molecule has 1 atom stereocenters. The summed E-state index contributed by atoms with van der Waals surface area (Å²) in [4.78, 5) is 23.3. The molecule has 0 aromatic heterocycles. The van der Waals surface area contributed by atoms with Crippen molar-refractivity contribution >= 4 is 11.9 Å². The van der Waals surface area contributed by atoms with Crippen LogP contribution in [0.1, 0.15) is 44.9 Å². The normalized spacial score (nSPS) is 20.3. The van der Waals surface area contributed by atoms with Crippen LogP contribution < -0.4 is 5.32 Å². The van der Waals surface area contributed by atoms with Gasteiger partial charge in [-0.3, -0.25) is 9.59 Å². The summed E-state index contributed by atoms with van der Waals surface area (Å²) in [5, 5.41) is 29.7. The highest BCUT2D eigenvalue weighted by Gasteiger charge is 2.40. The van der Waals surface area contributed by atoms with Crippen LogP contribution in [0.25, 0.3) is 0 Å². The summed E-state index contributed by atoms with van der Waals surface area (Å²) in [5.74, 6) is -1.29. The second kappa shape index (κ2) is 7.45. The molecule has 0 bridgehead atoms. The largest absolute Gasteiger partial charge is 0.481 e. The molecular weight excluding hydrogens is 250 g/mol. The predicted molar refractivity (Wildman–Crippen MR) is 68.5 cm³/mol. The first-order valence-electron chi connectivity index (χ1n) is 6.79. The minimum Gasteiger partial charge on any atom is -0.481 e. The van der Waals surface area contributed by atoms with E-state index in [-0.39, 0.29) is 18.9 Å². The van der Waals surface area contributed by atoms with Crippen LogP contribution in [0.3, 0.4) is 0 Å². The van der Waals surface area contributed by atoms with E-state index in [1.807, 2.05) is 0 Å². The van der Waals surface area contributed by atoms with Gasteiger partial charge < -0.3 is 20.6 Å².